The van der Waals surface area contributed by atoms with Gasteiger partial charge < -0.3 is 15.0 Å². The third-order valence-electron chi connectivity index (χ3n) is 5.53. The van der Waals surface area contributed by atoms with Gasteiger partial charge in [0.25, 0.3) is 0 Å². The van der Waals surface area contributed by atoms with Gasteiger partial charge in [-0.1, -0.05) is 19.3 Å². The third kappa shape index (κ3) is 5.76. The summed E-state index contributed by atoms with van der Waals surface area (Å²) in [6.45, 7) is 8.00. The van der Waals surface area contributed by atoms with Crippen LogP contribution in [0.5, 0.6) is 0 Å². The van der Waals surface area contributed by atoms with Crippen molar-refractivity contribution in [3.05, 3.63) is 0 Å². The fraction of sp³-hybridized carbons (Fsp3) is 0.944. The zero-order valence-corrected chi connectivity index (χ0v) is 17.0. The average molecular weight is 435 g/mol. The van der Waals surface area contributed by atoms with Crippen molar-refractivity contribution in [3.63, 3.8) is 0 Å². The van der Waals surface area contributed by atoms with Crippen molar-refractivity contribution in [3.8, 4) is 0 Å². The Bertz CT molecular complexity index is 378. The smallest absolute Gasteiger partial charge is 0.194 e. The molecule has 0 atom stereocenters. The normalized spacial score (nSPS) is 23.9. The maximum Gasteiger partial charge on any atom is 0.194 e. The molecule has 1 spiro atoms. The lowest BCUT2D eigenvalue weighted by molar-refractivity contribution is 0.131. The maximum atomic E-state index is 5.71. The summed E-state index contributed by atoms with van der Waals surface area (Å²) in [6.07, 6.45) is 11.2. The fourth-order valence-corrected chi connectivity index (χ4v) is 4.00. The number of likely N-dealkylation sites (tertiary alicyclic amines) is 1. The molecule has 0 amide bonds. The number of nitrogens with zero attached hydrogens (tertiary/aromatic N) is 2. The van der Waals surface area contributed by atoms with E-state index in [0.29, 0.717) is 5.41 Å². The van der Waals surface area contributed by atoms with E-state index in [2.05, 4.69) is 17.1 Å². The zero-order valence-electron chi connectivity index (χ0n) is 14.7. The third-order valence-corrected chi connectivity index (χ3v) is 5.53. The molecule has 3 aliphatic rings. The SMILES string of the molecule is CCNC(=NCCOCC1CC1)N1CCC2(CCCCC2)C1.I. The predicted molar refractivity (Wildman–Crippen MR) is 107 cm³/mol. The first-order valence-electron chi connectivity index (χ1n) is 9.42. The summed E-state index contributed by atoms with van der Waals surface area (Å²) in [6, 6.07) is 0. The zero-order chi connectivity index (χ0) is 15.3. The van der Waals surface area contributed by atoms with Crippen LogP contribution in [0.15, 0.2) is 4.99 Å². The van der Waals surface area contributed by atoms with Gasteiger partial charge in [-0.05, 0) is 50.4 Å². The van der Waals surface area contributed by atoms with Gasteiger partial charge in [0.15, 0.2) is 5.96 Å². The second-order valence-corrected chi connectivity index (χ2v) is 7.49. The highest BCUT2D eigenvalue weighted by Crippen LogP contribution is 2.43. The Labute approximate surface area is 158 Å². The first-order chi connectivity index (χ1) is 10.8. The molecule has 0 aromatic heterocycles. The number of aliphatic imine (C=N–C) groups is 1. The van der Waals surface area contributed by atoms with Crippen LogP contribution in [0, 0.1) is 11.3 Å². The van der Waals surface area contributed by atoms with Crippen LogP contribution in [0.2, 0.25) is 0 Å². The molecule has 3 fully saturated rings. The van der Waals surface area contributed by atoms with E-state index in [4.69, 9.17) is 9.73 Å². The molecule has 0 unspecified atom stereocenters. The van der Waals surface area contributed by atoms with E-state index in [1.54, 1.807) is 0 Å². The number of hydrogen-bond donors (Lipinski definition) is 1. The first kappa shape index (κ1) is 19.3. The van der Waals surface area contributed by atoms with Gasteiger partial charge in [0.1, 0.15) is 0 Å². The lowest BCUT2D eigenvalue weighted by Gasteiger charge is -2.33. The molecule has 5 heteroatoms. The summed E-state index contributed by atoms with van der Waals surface area (Å²) in [4.78, 5) is 7.29. The standard InChI is InChI=1S/C18H33N3O.HI/c1-2-19-17(20-11-13-22-14-16-6-7-16)21-12-10-18(15-21)8-4-3-5-9-18;/h16H,2-15H2,1H3,(H,19,20);1H. The minimum atomic E-state index is 0. The Kier molecular flexibility index (Phi) is 7.92. The van der Waals surface area contributed by atoms with Crippen LogP contribution in [-0.2, 0) is 4.74 Å². The van der Waals surface area contributed by atoms with Gasteiger partial charge in [0.05, 0.1) is 13.2 Å². The van der Waals surface area contributed by atoms with Gasteiger partial charge in [-0.2, -0.15) is 0 Å². The van der Waals surface area contributed by atoms with E-state index < -0.39 is 0 Å². The molecular formula is C18H34IN3O. The van der Waals surface area contributed by atoms with Crippen molar-refractivity contribution in [2.45, 2.75) is 58.3 Å². The molecular weight excluding hydrogens is 401 g/mol. The van der Waals surface area contributed by atoms with Crippen molar-refractivity contribution in [2.75, 3.05) is 39.4 Å². The van der Waals surface area contributed by atoms with Crippen LogP contribution in [0.4, 0.5) is 0 Å². The van der Waals surface area contributed by atoms with E-state index in [1.807, 2.05) is 0 Å². The summed E-state index contributed by atoms with van der Waals surface area (Å²) < 4.78 is 5.71. The van der Waals surface area contributed by atoms with Gasteiger partial charge in [0.2, 0.25) is 0 Å². The fourth-order valence-electron chi connectivity index (χ4n) is 4.00. The summed E-state index contributed by atoms with van der Waals surface area (Å²) in [5.41, 5.74) is 0.594. The number of ether oxygens (including phenoxy) is 1. The minimum Gasteiger partial charge on any atom is -0.379 e. The van der Waals surface area contributed by atoms with Crippen LogP contribution in [0.1, 0.15) is 58.3 Å². The van der Waals surface area contributed by atoms with E-state index in [9.17, 15) is 0 Å². The summed E-state index contributed by atoms with van der Waals surface area (Å²) in [5.74, 6) is 1.96. The van der Waals surface area contributed by atoms with E-state index >= 15 is 0 Å². The molecule has 0 radical (unpaired) electrons. The molecule has 3 rings (SSSR count). The Balaban J connectivity index is 0.00000192. The maximum absolute atomic E-state index is 5.71. The molecule has 1 heterocycles. The van der Waals surface area contributed by atoms with E-state index in [0.717, 1.165) is 38.2 Å². The highest BCUT2D eigenvalue weighted by atomic mass is 127. The van der Waals surface area contributed by atoms with E-state index in [1.165, 1.54) is 64.5 Å². The summed E-state index contributed by atoms with van der Waals surface area (Å²) in [5, 5.41) is 3.48. The Morgan fingerprint density at radius 3 is 2.70 bits per heavy atom. The van der Waals surface area contributed by atoms with Gasteiger partial charge in [-0.3, -0.25) is 4.99 Å². The lowest BCUT2D eigenvalue weighted by Crippen LogP contribution is -2.41. The first-order valence-corrected chi connectivity index (χ1v) is 9.42. The largest absolute Gasteiger partial charge is 0.379 e. The number of guanidine groups is 1. The van der Waals surface area contributed by atoms with Gasteiger partial charge in [-0.25, -0.2) is 0 Å². The van der Waals surface area contributed by atoms with Crippen LogP contribution >= 0.6 is 24.0 Å². The number of rotatable bonds is 6. The molecule has 1 saturated heterocycles. The highest BCUT2D eigenvalue weighted by Gasteiger charge is 2.39. The summed E-state index contributed by atoms with van der Waals surface area (Å²) in [7, 11) is 0. The van der Waals surface area contributed by atoms with Crippen molar-refractivity contribution < 1.29 is 4.74 Å². The molecule has 1 aliphatic heterocycles. The molecule has 23 heavy (non-hydrogen) atoms. The van der Waals surface area contributed by atoms with Crippen molar-refractivity contribution in [1.82, 2.24) is 10.2 Å². The van der Waals surface area contributed by atoms with Gasteiger partial charge >= 0.3 is 0 Å². The highest BCUT2D eigenvalue weighted by molar-refractivity contribution is 14.0. The van der Waals surface area contributed by atoms with Crippen molar-refractivity contribution in [2.24, 2.45) is 16.3 Å². The lowest BCUT2D eigenvalue weighted by atomic mass is 9.73. The summed E-state index contributed by atoms with van der Waals surface area (Å²) >= 11 is 0. The van der Waals surface area contributed by atoms with Crippen molar-refractivity contribution in [1.29, 1.82) is 0 Å². The molecule has 4 nitrogen and oxygen atoms in total. The molecule has 134 valence electrons. The Hall–Kier alpha value is -0.0400. The molecule has 2 saturated carbocycles. The van der Waals surface area contributed by atoms with Crippen LogP contribution in [0.25, 0.3) is 0 Å². The van der Waals surface area contributed by atoms with Crippen LogP contribution in [0.3, 0.4) is 0 Å². The predicted octanol–water partition coefficient (Wildman–Crippen LogP) is 3.65. The molecule has 2 aliphatic carbocycles. The second kappa shape index (κ2) is 9.44. The Morgan fingerprint density at radius 2 is 2.00 bits per heavy atom. The number of nitrogens with one attached hydrogen (secondary N) is 1. The number of halogens is 1. The molecule has 0 aromatic rings. The quantitative estimate of drug-likeness (QED) is 0.300. The topological polar surface area (TPSA) is 36.9 Å². The average Bonchev–Trinajstić information content (AvgIpc) is 3.28. The van der Waals surface area contributed by atoms with Crippen molar-refractivity contribution >= 4 is 29.9 Å². The van der Waals surface area contributed by atoms with Crippen LogP contribution in [-0.4, -0.2) is 50.3 Å². The minimum absolute atomic E-state index is 0. The van der Waals surface area contributed by atoms with Gasteiger partial charge in [-0.15, -0.1) is 24.0 Å². The Morgan fingerprint density at radius 1 is 1.22 bits per heavy atom. The van der Waals surface area contributed by atoms with E-state index in [-0.39, 0.29) is 24.0 Å². The van der Waals surface area contributed by atoms with Gasteiger partial charge in [0, 0.05) is 26.2 Å². The molecule has 0 bridgehead atoms. The molecule has 0 aromatic carbocycles. The second-order valence-electron chi connectivity index (χ2n) is 7.49. The monoisotopic (exact) mass is 435 g/mol. The number of hydrogen-bond acceptors (Lipinski definition) is 2. The molecule has 1 N–H and O–H groups in total. The van der Waals surface area contributed by atoms with Crippen LogP contribution < -0.4 is 5.32 Å².